The van der Waals surface area contributed by atoms with E-state index in [0.717, 1.165) is 43.2 Å². The third kappa shape index (κ3) is 7.80. The zero-order valence-electron chi connectivity index (χ0n) is 21.7. The fourth-order valence-electron chi connectivity index (χ4n) is 3.76. The molecule has 2 aromatic rings. The van der Waals surface area contributed by atoms with E-state index in [0.29, 0.717) is 10.6 Å². The number of carbonyl (C=O) groups is 4. The minimum absolute atomic E-state index is 0.293. The van der Waals surface area contributed by atoms with Crippen molar-refractivity contribution in [3.05, 3.63) is 56.2 Å². The SMILES string of the molecule is CC(=O)OC[C@H]1O[C@@H](n2ncc(=O)n(/N=C/c3ccc(Cl)cc3)c2=S)[C@H](OC(C)=O)[C@@H](OC(C)=O)[C@@H]1OC(C)=O. The van der Waals surface area contributed by atoms with Gasteiger partial charge in [0.1, 0.15) is 18.9 Å². The van der Waals surface area contributed by atoms with E-state index in [9.17, 15) is 24.0 Å². The van der Waals surface area contributed by atoms with Crippen molar-refractivity contribution in [2.75, 3.05) is 6.61 Å². The minimum atomic E-state index is -1.48. The number of aromatic nitrogens is 3. The van der Waals surface area contributed by atoms with Gasteiger partial charge in [0, 0.05) is 32.7 Å². The summed E-state index contributed by atoms with van der Waals surface area (Å²) in [6, 6.07) is 6.58. The molecule has 16 heteroatoms. The summed E-state index contributed by atoms with van der Waals surface area (Å²) in [5.41, 5.74) is -0.0987. The van der Waals surface area contributed by atoms with Gasteiger partial charge < -0.3 is 23.7 Å². The summed E-state index contributed by atoms with van der Waals surface area (Å²) < 4.78 is 28.9. The summed E-state index contributed by atoms with van der Waals surface area (Å²) in [7, 11) is 0. The molecule has 0 radical (unpaired) electrons. The van der Waals surface area contributed by atoms with Crippen molar-refractivity contribution in [1.29, 1.82) is 0 Å². The van der Waals surface area contributed by atoms with Crippen LogP contribution < -0.4 is 5.56 Å². The molecule has 1 aliphatic rings. The summed E-state index contributed by atoms with van der Waals surface area (Å²) in [6.07, 6.45) is -4.75. The van der Waals surface area contributed by atoms with Crippen molar-refractivity contribution < 1.29 is 42.9 Å². The largest absolute Gasteiger partial charge is 0.463 e. The number of halogens is 1. The van der Waals surface area contributed by atoms with Crippen LogP contribution >= 0.6 is 23.8 Å². The maximum absolute atomic E-state index is 12.6. The Morgan fingerprint density at radius 2 is 1.55 bits per heavy atom. The lowest BCUT2D eigenvalue weighted by atomic mass is 9.97. The van der Waals surface area contributed by atoms with Crippen molar-refractivity contribution in [2.45, 2.75) is 58.3 Å². The van der Waals surface area contributed by atoms with Crippen LogP contribution in [0, 0.1) is 4.77 Å². The van der Waals surface area contributed by atoms with E-state index in [1.165, 1.54) is 6.21 Å². The number of ether oxygens (including phenoxy) is 5. The first-order chi connectivity index (χ1) is 18.9. The Hall–Kier alpha value is -3.95. The van der Waals surface area contributed by atoms with Gasteiger partial charge in [-0.3, -0.25) is 24.0 Å². The van der Waals surface area contributed by atoms with Gasteiger partial charge in [0.2, 0.25) is 4.77 Å². The van der Waals surface area contributed by atoms with Crippen molar-refractivity contribution in [3.8, 4) is 0 Å². The lowest BCUT2D eigenvalue weighted by Crippen LogP contribution is -2.61. The van der Waals surface area contributed by atoms with Crippen molar-refractivity contribution in [3.63, 3.8) is 0 Å². The van der Waals surface area contributed by atoms with Crippen molar-refractivity contribution in [2.24, 2.45) is 5.10 Å². The summed E-state index contributed by atoms with van der Waals surface area (Å²) >= 11 is 11.4. The molecule has 1 aromatic heterocycles. The first-order valence-corrected chi connectivity index (χ1v) is 12.5. The van der Waals surface area contributed by atoms with Crippen molar-refractivity contribution in [1.82, 2.24) is 14.5 Å². The maximum atomic E-state index is 12.6. The third-order valence-electron chi connectivity index (χ3n) is 5.28. The molecule has 14 nitrogen and oxygen atoms in total. The van der Waals surface area contributed by atoms with Gasteiger partial charge in [-0.15, -0.1) is 0 Å². The highest BCUT2D eigenvalue weighted by atomic mass is 35.5. The van der Waals surface area contributed by atoms with Crippen LogP contribution in [-0.4, -0.2) is 75.6 Å². The zero-order valence-corrected chi connectivity index (χ0v) is 23.3. The van der Waals surface area contributed by atoms with E-state index < -0.39 is 66.7 Å². The predicted molar refractivity (Wildman–Crippen MR) is 139 cm³/mol. The first kappa shape index (κ1) is 30.6. The highest BCUT2D eigenvalue weighted by Gasteiger charge is 2.53. The highest BCUT2D eigenvalue weighted by molar-refractivity contribution is 7.71. The number of rotatable bonds is 8. The van der Waals surface area contributed by atoms with Crippen LogP contribution in [0.25, 0.3) is 0 Å². The first-order valence-electron chi connectivity index (χ1n) is 11.7. The number of hydrogen-bond donors (Lipinski definition) is 0. The van der Waals surface area contributed by atoms with Crippen LogP contribution in [0.5, 0.6) is 0 Å². The van der Waals surface area contributed by atoms with Gasteiger partial charge >= 0.3 is 23.9 Å². The molecule has 1 aliphatic heterocycles. The minimum Gasteiger partial charge on any atom is -0.463 e. The Bertz CT molecular complexity index is 1420. The normalized spacial score (nSPS) is 22.4. The molecule has 0 amide bonds. The number of nitrogens with zero attached hydrogens (tertiary/aromatic N) is 4. The Labute approximate surface area is 237 Å². The van der Waals surface area contributed by atoms with Gasteiger partial charge in [0.05, 0.1) is 6.21 Å². The molecular formula is C24H25ClN4O10S. The molecule has 0 spiro atoms. The molecule has 1 fully saturated rings. The molecule has 2 heterocycles. The number of benzene rings is 1. The van der Waals surface area contributed by atoms with Gasteiger partial charge in [-0.1, -0.05) is 23.7 Å². The molecule has 0 N–H and O–H groups in total. The topological polar surface area (TPSA) is 167 Å². The van der Waals surface area contributed by atoms with Gasteiger partial charge in [0.15, 0.2) is 24.5 Å². The molecule has 1 saturated heterocycles. The van der Waals surface area contributed by atoms with E-state index in [1.807, 2.05) is 0 Å². The molecule has 1 aromatic carbocycles. The Kier molecular flexibility index (Phi) is 10.3. The van der Waals surface area contributed by atoms with Crippen molar-refractivity contribution >= 4 is 53.9 Å². The highest BCUT2D eigenvalue weighted by Crippen LogP contribution is 2.34. The number of carbonyl (C=O) groups excluding carboxylic acids is 4. The van der Waals surface area contributed by atoms with Crippen LogP contribution in [0.3, 0.4) is 0 Å². The summed E-state index contributed by atoms with van der Waals surface area (Å²) in [5.74, 6) is -3.07. The van der Waals surface area contributed by atoms with Crippen LogP contribution in [0.15, 0.2) is 40.4 Å². The summed E-state index contributed by atoms with van der Waals surface area (Å²) in [5, 5.41) is 8.67. The van der Waals surface area contributed by atoms with E-state index in [4.69, 9.17) is 47.5 Å². The molecule has 0 saturated carbocycles. The average Bonchev–Trinajstić information content (AvgIpc) is 2.86. The quantitative estimate of drug-likeness (QED) is 0.187. The Morgan fingerprint density at radius 3 is 2.12 bits per heavy atom. The van der Waals surface area contributed by atoms with Crippen LogP contribution in [0.1, 0.15) is 39.5 Å². The number of hydrogen-bond acceptors (Lipinski definition) is 13. The molecule has 0 unspecified atom stereocenters. The lowest BCUT2D eigenvalue weighted by molar-refractivity contribution is -0.271. The molecule has 0 aliphatic carbocycles. The fraction of sp³-hybridized carbons (Fsp3) is 0.417. The lowest BCUT2D eigenvalue weighted by Gasteiger charge is -2.44. The molecule has 5 atom stereocenters. The van der Waals surface area contributed by atoms with Gasteiger partial charge in [-0.2, -0.15) is 14.9 Å². The van der Waals surface area contributed by atoms with Gasteiger partial charge in [-0.05, 0) is 29.9 Å². The van der Waals surface area contributed by atoms with Gasteiger partial charge in [0.25, 0.3) is 5.56 Å². The van der Waals surface area contributed by atoms with Crippen LogP contribution in [0.2, 0.25) is 5.02 Å². The Balaban J connectivity index is 2.14. The van der Waals surface area contributed by atoms with E-state index >= 15 is 0 Å². The third-order valence-corrected chi connectivity index (χ3v) is 5.89. The van der Waals surface area contributed by atoms with Crippen LogP contribution in [0.4, 0.5) is 0 Å². The second-order valence-corrected chi connectivity index (χ2v) is 9.21. The number of esters is 4. The van der Waals surface area contributed by atoms with E-state index in [-0.39, 0.29) is 4.77 Å². The standard InChI is InChI=1S/C24H25ClN4O10S/c1-12(30)35-11-18-20(36-13(2)31)21(37-14(3)32)22(38-15(4)33)23(39-18)29-24(40)28(19(34)10-27-29)26-9-16-5-7-17(25)8-6-16/h5-10,18,20-23H,11H2,1-4H3/b26-9+/t18-,20-,21+,22-,23-/m1/s1. The second kappa shape index (κ2) is 13.4. The molecule has 3 rings (SSSR count). The van der Waals surface area contributed by atoms with Gasteiger partial charge in [-0.25, -0.2) is 4.68 Å². The van der Waals surface area contributed by atoms with Crippen LogP contribution in [-0.2, 0) is 42.9 Å². The Morgan fingerprint density at radius 1 is 0.975 bits per heavy atom. The zero-order chi connectivity index (χ0) is 29.6. The predicted octanol–water partition coefficient (Wildman–Crippen LogP) is 1.57. The molecular weight excluding hydrogens is 572 g/mol. The molecule has 40 heavy (non-hydrogen) atoms. The second-order valence-electron chi connectivity index (χ2n) is 8.41. The molecule has 214 valence electrons. The summed E-state index contributed by atoms with van der Waals surface area (Å²) in [6.45, 7) is 4.00. The monoisotopic (exact) mass is 596 g/mol. The van der Waals surface area contributed by atoms with E-state index in [1.54, 1.807) is 24.3 Å². The molecule has 0 bridgehead atoms. The average molecular weight is 597 g/mol. The fourth-order valence-corrected chi connectivity index (χ4v) is 4.18. The smallest absolute Gasteiger partial charge is 0.303 e. The summed E-state index contributed by atoms with van der Waals surface area (Å²) in [4.78, 5) is 60.2. The maximum Gasteiger partial charge on any atom is 0.303 e. The van der Waals surface area contributed by atoms with E-state index in [2.05, 4.69) is 10.2 Å².